The van der Waals surface area contributed by atoms with Crippen molar-refractivity contribution in [1.82, 2.24) is 9.55 Å². The minimum absolute atomic E-state index is 0.134. The van der Waals surface area contributed by atoms with Gasteiger partial charge in [-0.15, -0.1) is 0 Å². The van der Waals surface area contributed by atoms with Gasteiger partial charge in [0.05, 0.1) is 11.0 Å². The van der Waals surface area contributed by atoms with Gasteiger partial charge in [-0.1, -0.05) is 44.5 Å². The van der Waals surface area contributed by atoms with E-state index in [1.807, 2.05) is 23.1 Å². The third kappa shape index (κ3) is 3.36. The second-order valence-electron chi connectivity index (χ2n) is 7.83. The molecule has 27 heavy (non-hydrogen) atoms. The standard InChI is InChI=1S/C23H27N3O/c1-4-16(2)14-26-21-11-6-5-10-20(21)24-23(26)18-13-22(27)25(15-18)19-9-7-8-17(3)12-19/h5-12,16,18H,4,13-15H2,1-3H3/t16-,18-/m0/s1. The van der Waals surface area contributed by atoms with Crippen molar-refractivity contribution in [2.24, 2.45) is 5.92 Å². The van der Waals surface area contributed by atoms with Gasteiger partial charge in [0.15, 0.2) is 0 Å². The summed E-state index contributed by atoms with van der Waals surface area (Å²) in [4.78, 5) is 19.6. The van der Waals surface area contributed by atoms with Gasteiger partial charge in [-0.2, -0.15) is 0 Å². The fraction of sp³-hybridized carbons (Fsp3) is 0.391. The summed E-state index contributed by atoms with van der Waals surface area (Å²) in [5.74, 6) is 1.95. The van der Waals surface area contributed by atoms with E-state index in [1.54, 1.807) is 0 Å². The van der Waals surface area contributed by atoms with Gasteiger partial charge < -0.3 is 9.47 Å². The Bertz CT molecular complexity index is 975. The number of para-hydroxylation sites is 2. The molecule has 4 rings (SSSR count). The largest absolute Gasteiger partial charge is 0.327 e. The van der Waals surface area contributed by atoms with E-state index in [-0.39, 0.29) is 11.8 Å². The molecular formula is C23H27N3O. The summed E-state index contributed by atoms with van der Waals surface area (Å²) >= 11 is 0. The van der Waals surface area contributed by atoms with E-state index in [4.69, 9.17) is 4.98 Å². The van der Waals surface area contributed by atoms with Crippen LogP contribution in [0.1, 0.15) is 44.0 Å². The van der Waals surface area contributed by atoms with Crippen LogP contribution >= 0.6 is 0 Å². The Morgan fingerprint density at radius 2 is 2.00 bits per heavy atom. The van der Waals surface area contributed by atoms with E-state index >= 15 is 0 Å². The van der Waals surface area contributed by atoms with Gasteiger partial charge in [0.1, 0.15) is 5.82 Å². The molecule has 0 aliphatic carbocycles. The maximum atomic E-state index is 12.8. The van der Waals surface area contributed by atoms with E-state index in [2.05, 4.69) is 55.7 Å². The molecule has 0 unspecified atom stereocenters. The average Bonchev–Trinajstić information content (AvgIpc) is 3.22. The zero-order valence-electron chi connectivity index (χ0n) is 16.4. The monoisotopic (exact) mass is 361 g/mol. The molecule has 1 aliphatic heterocycles. The highest BCUT2D eigenvalue weighted by molar-refractivity contribution is 5.96. The summed E-state index contributed by atoms with van der Waals surface area (Å²) in [7, 11) is 0. The first kappa shape index (κ1) is 17.8. The minimum Gasteiger partial charge on any atom is -0.327 e. The summed E-state index contributed by atoms with van der Waals surface area (Å²) in [6.45, 7) is 8.21. The van der Waals surface area contributed by atoms with Crippen LogP contribution in [0.2, 0.25) is 0 Å². The molecule has 4 heteroatoms. The number of anilines is 1. The molecule has 0 bridgehead atoms. The van der Waals surface area contributed by atoms with Crippen molar-refractivity contribution in [1.29, 1.82) is 0 Å². The van der Waals surface area contributed by atoms with Crippen molar-refractivity contribution in [3.63, 3.8) is 0 Å². The lowest BCUT2D eigenvalue weighted by molar-refractivity contribution is -0.117. The Morgan fingerprint density at radius 3 is 2.78 bits per heavy atom. The van der Waals surface area contributed by atoms with E-state index < -0.39 is 0 Å². The second-order valence-corrected chi connectivity index (χ2v) is 7.83. The molecule has 2 atom stereocenters. The quantitative estimate of drug-likeness (QED) is 0.647. The van der Waals surface area contributed by atoms with Crippen molar-refractivity contribution >= 4 is 22.6 Å². The van der Waals surface area contributed by atoms with Crippen molar-refractivity contribution in [2.75, 3.05) is 11.4 Å². The van der Waals surface area contributed by atoms with E-state index in [0.717, 1.165) is 30.0 Å². The van der Waals surface area contributed by atoms with Crippen molar-refractivity contribution < 1.29 is 4.79 Å². The van der Waals surface area contributed by atoms with Gasteiger partial charge in [0.2, 0.25) is 5.91 Å². The Morgan fingerprint density at radius 1 is 1.19 bits per heavy atom. The Labute approximate surface area is 160 Å². The Kier molecular flexibility index (Phi) is 4.73. The number of amides is 1. The first-order valence-corrected chi connectivity index (χ1v) is 9.89. The topological polar surface area (TPSA) is 38.1 Å². The maximum absolute atomic E-state index is 12.8. The molecule has 2 heterocycles. The minimum atomic E-state index is 0.134. The van der Waals surface area contributed by atoms with Gasteiger partial charge in [-0.05, 0) is 42.7 Å². The van der Waals surface area contributed by atoms with Crippen LogP contribution in [0.5, 0.6) is 0 Å². The molecule has 1 amide bonds. The molecule has 1 aromatic heterocycles. The first-order chi connectivity index (χ1) is 13.1. The molecule has 140 valence electrons. The normalized spacial score (nSPS) is 18.4. The van der Waals surface area contributed by atoms with Crippen LogP contribution in [0.25, 0.3) is 11.0 Å². The molecule has 1 fully saturated rings. The first-order valence-electron chi connectivity index (χ1n) is 9.89. The highest BCUT2D eigenvalue weighted by Crippen LogP contribution is 2.34. The lowest BCUT2D eigenvalue weighted by Crippen LogP contribution is -2.24. The zero-order chi connectivity index (χ0) is 19.0. The number of aromatic nitrogens is 2. The van der Waals surface area contributed by atoms with Gasteiger partial charge in [0, 0.05) is 31.1 Å². The Hall–Kier alpha value is -2.62. The Balaban J connectivity index is 1.70. The SMILES string of the molecule is CC[C@H](C)Cn1c([C@H]2CC(=O)N(c3cccc(C)c3)C2)nc2ccccc21. The van der Waals surface area contributed by atoms with Gasteiger partial charge in [0.25, 0.3) is 0 Å². The summed E-state index contributed by atoms with van der Waals surface area (Å²) in [5, 5.41) is 0. The van der Waals surface area contributed by atoms with Crippen LogP contribution in [0.3, 0.4) is 0 Å². The molecular weight excluding hydrogens is 334 g/mol. The summed E-state index contributed by atoms with van der Waals surface area (Å²) in [6, 6.07) is 16.5. The van der Waals surface area contributed by atoms with Crippen molar-refractivity contribution in [2.45, 2.75) is 46.1 Å². The lowest BCUT2D eigenvalue weighted by atomic mass is 10.1. The highest BCUT2D eigenvalue weighted by Gasteiger charge is 2.35. The molecule has 4 nitrogen and oxygen atoms in total. The molecule has 0 radical (unpaired) electrons. The lowest BCUT2D eigenvalue weighted by Gasteiger charge is -2.19. The fourth-order valence-corrected chi connectivity index (χ4v) is 3.96. The molecule has 1 aliphatic rings. The number of benzene rings is 2. The third-order valence-electron chi connectivity index (χ3n) is 5.68. The second kappa shape index (κ2) is 7.18. The molecule has 1 saturated heterocycles. The molecule has 0 N–H and O–H groups in total. The number of rotatable bonds is 5. The number of carbonyl (C=O) groups excluding carboxylic acids is 1. The number of nitrogens with zero attached hydrogens (tertiary/aromatic N) is 3. The number of carbonyl (C=O) groups is 1. The zero-order valence-corrected chi connectivity index (χ0v) is 16.4. The number of fused-ring (bicyclic) bond motifs is 1. The fourth-order valence-electron chi connectivity index (χ4n) is 3.96. The molecule has 0 saturated carbocycles. The van der Waals surface area contributed by atoms with Crippen molar-refractivity contribution in [3.8, 4) is 0 Å². The molecule has 0 spiro atoms. The van der Waals surface area contributed by atoms with Gasteiger partial charge in [-0.25, -0.2) is 4.98 Å². The summed E-state index contributed by atoms with van der Waals surface area (Å²) in [5.41, 5.74) is 4.37. The van der Waals surface area contributed by atoms with Crippen molar-refractivity contribution in [3.05, 3.63) is 59.9 Å². The average molecular weight is 361 g/mol. The third-order valence-corrected chi connectivity index (χ3v) is 5.68. The summed E-state index contributed by atoms with van der Waals surface area (Å²) in [6.07, 6.45) is 1.66. The number of hydrogen-bond acceptors (Lipinski definition) is 2. The predicted octanol–water partition coefficient (Wildman–Crippen LogP) is 4.91. The predicted molar refractivity (Wildman–Crippen MR) is 110 cm³/mol. The summed E-state index contributed by atoms with van der Waals surface area (Å²) < 4.78 is 2.35. The van der Waals surface area contributed by atoms with E-state index in [9.17, 15) is 4.79 Å². The molecule has 3 aromatic rings. The van der Waals surface area contributed by atoms with Crippen LogP contribution < -0.4 is 4.90 Å². The number of hydrogen-bond donors (Lipinski definition) is 0. The van der Waals surface area contributed by atoms with E-state index in [1.165, 1.54) is 11.1 Å². The molecule has 2 aromatic carbocycles. The highest BCUT2D eigenvalue weighted by atomic mass is 16.2. The van der Waals surface area contributed by atoms with Gasteiger partial charge >= 0.3 is 0 Å². The smallest absolute Gasteiger partial charge is 0.227 e. The van der Waals surface area contributed by atoms with Crippen LogP contribution in [0, 0.1) is 12.8 Å². The number of aryl methyl sites for hydroxylation is 1. The van der Waals surface area contributed by atoms with Crippen LogP contribution in [0.15, 0.2) is 48.5 Å². The van der Waals surface area contributed by atoms with Crippen LogP contribution in [0.4, 0.5) is 5.69 Å². The van der Waals surface area contributed by atoms with Gasteiger partial charge in [-0.3, -0.25) is 4.79 Å². The number of imidazole rings is 1. The van der Waals surface area contributed by atoms with E-state index in [0.29, 0.717) is 18.9 Å². The maximum Gasteiger partial charge on any atom is 0.227 e. The van der Waals surface area contributed by atoms with Crippen LogP contribution in [-0.4, -0.2) is 22.0 Å². The van der Waals surface area contributed by atoms with Crippen LogP contribution in [-0.2, 0) is 11.3 Å².